The lowest BCUT2D eigenvalue weighted by Crippen LogP contribution is -2.26. The fourth-order valence-electron chi connectivity index (χ4n) is 2.22. The Balaban J connectivity index is 1.73. The van der Waals surface area contributed by atoms with Crippen LogP contribution in [0.4, 0.5) is 10.1 Å². The molecule has 1 atom stereocenters. The molecule has 2 N–H and O–H groups in total. The molecule has 9 heteroatoms. The van der Waals surface area contributed by atoms with Crippen LogP contribution in [0.15, 0.2) is 39.8 Å². The van der Waals surface area contributed by atoms with E-state index in [0.717, 1.165) is 10.2 Å². The van der Waals surface area contributed by atoms with Crippen LogP contribution in [0.1, 0.15) is 29.0 Å². The summed E-state index contributed by atoms with van der Waals surface area (Å²) >= 11 is 5.80. The summed E-state index contributed by atoms with van der Waals surface area (Å²) in [5.41, 5.74) is 6.70. The van der Waals surface area contributed by atoms with Gasteiger partial charge in [-0.3, -0.25) is 4.79 Å². The highest BCUT2D eigenvalue weighted by Gasteiger charge is 2.19. The lowest BCUT2D eigenvalue weighted by atomic mass is 10.1. The van der Waals surface area contributed by atoms with Crippen molar-refractivity contribution in [1.82, 2.24) is 19.9 Å². The SMILES string of the molecule is Cc1c(N)cnn(Cc2nc(C(F)Cc3ccc(Cl)cc3)no2)c1=O. The van der Waals surface area contributed by atoms with Gasteiger partial charge in [-0.1, -0.05) is 28.9 Å². The minimum Gasteiger partial charge on any atom is -0.397 e. The molecule has 0 bridgehead atoms. The van der Waals surface area contributed by atoms with Gasteiger partial charge in [-0.25, -0.2) is 9.07 Å². The number of hydrogen-bond acceptors (Lipinski definition) is 6. The molecule has 0 saturated heterocycles. The minimum absolute atomic E-state index is 0.0549. The number of nitrogens with zero attached hydrogens (tertiary/aromatic N) is 4. The third-order valence-corrected chi connectivity index (χ3v) is 3.95. The van der Waals surface area contributed by atoms with Gasteiger partial charge in [0.1, 0.15) is 6.54 Å². The van der Waals surface area contributed by atoms with Crippen LogP contribution >= 0.6 is 11.6 Å². The van der Waals surface area contributed by atoms with E-state index in [1.807, 2.05) is 0 Å². The quantitative estimate of drug-likeness (QED) is 0.747. The van der Waals surface area contributed by atoms with Gasteiger partial charge in [0, 0.05) is 17.0 Å². The van der Waals surface area contributed by atoms with E-state index >= 15 is 0 Å². The van der Waals surface area contributed by atoms with E-state index in [9.17, 15) is 9.18 Å². The van der Waals surface area contributed by atoms with Crippen LogP contribution in [0, 0.1) is 6.92 Å². The van der Waals surface area contributed by atoms with E-state index in [0.29, 0.717) is 16.3 Å². The van der Waals surface area contributed by atoms with Gasteiger partial charge in [-0.15, -0.1) is 0 Å². The lowest BCUT2D eigenvalue weighted by molar-refractivity contribution is 0.303. The molecule has 7 nitrogen and oxygen atoms in total. The standard InChI is InChI=1S/C16H15ClFN5O2/c1-9-13(19)7-20-23(16(9)24)8-14-21-15(22-25-14)12(18)6-10-2-4-11(17)5-3-10/h2-5,7,12H,6,8,19H2,1H3. The second-order valence-electron chi connectivity index (χ2n) is 5.53. The van der Waals surface area contributed by atoms with Crippen molar-refractivity contribution in [3.63, 3.8) is 0 Å². The number of benzene rings is 1. The molecule has 2 aromatic heterocycles. The number of anilines is 1. The smallest absolute Gasteiger partial charge is 0.272 e. The van der Waals surface area contributed by atoms with Gasteiger partial charge in [0.25, 0.3) is 5.56 Å². The van der Waals surface area contributed by atoms with Crippen molar-refractivity contribution in [1.29, 1.82) is 0 Å². The highest BCUT2D eigenvalue weighted by Crippen LogP contribution is 2.21. The molecule has 3 rings (SSSR count). The van der Waals surface area contributed by atoms with Crippen LogP contribution in [-0.2, 0) is 13.0 Å². The van der Waals surface area contributed by atoms with Gasteiger partial charge >= 0.3 is 0 Å². The van der Waals surface area contributed by atoms with Crippen molar-refractivity contribution in [3.8, 4) is 0 Å². The zero-order valence-electron chi connectivity index (χ0n) is 13.3. The first-order valence-corrected chi connectivity index (χ1v) is 7.85. The first-order valence-electron chi connectivity index (χ1n) is 7.47. The minimum atomic E-state index is -1.43. The molecular weight excluding hydrogens is 349 g/mol. The van der Waals surface area contributed by atoms with Gasteiger partial charge in [0.05, 0.1) is 11.9 Å². The van der Waals surface area contributed by atoms with Crippen molar-refractivity contribution >= 4 is 17.3 Å². The van der Waals surface area contributed by atoms with Crippen molar-refractivity contribution in [2.45, 2.75) is 26.1 Å². The Kier molecular flexibility index (Phi) is 4.80. The van der Waals surface area contributed by atoms with Crippen molar-refractivity contribution in [3.05, 3.63) is 68.7 Å². The number of nitrogen functional groups attached to an aromatic ring is 1. The second kappa shape index (κ2) is 7.02. The zero-order chi connectivity index (χ0) is 18.0. The average Bonchev–Trinajstić information content (AvgIpc) is 3.06. The van der Waals surface area contributed by atoms with Crippen LogP contribution in [-0.4, -0.2) is 19.9 Å². The summed E-state index contributed by atoms with van der Waals surface area (Å²) in [5.74, 6) is 0.0118. The Labute approximate surface area is 147 Å². The normalized spacial score (nSPS) is 12.3. The summed E-state index contributed by atoms with van der Waals surface area (Å²) in [6.45, 7) is 1.54. The van der Waals surface area contributed by atoms with E-state index in [1.165, 1.54) is 6.20 Å². The number of nitrogens with two attached hydrogens (primary N) is 1. The Morgan fingerprint density at radius 1 is 1.36 bits per heavy atom. The Morgan fingerprint density at radius 3 is 2.80 bits per heavy atom. The maximum Gasteiger partial charge on any atom is 0.272 e. The van der Waals surface area contributed by atoms with E-state index in [-0.39, 0.29) is 30.2 Å². The molecule has 3 aromatic rings. The van der Waals surface area contributed by atoms with Gasteiger partial charge in [0.2, 0.25) is 11.7 Å². The predicted octanol–water partition coefficient (Wildman–Crippen LogP) is 2.47. The number of hydrogen-bond donors (Lipinski definition) is 1. The molecule has 1 aromatic carbocycles. The van der Waals surface area contributed by atoms with Gasteiger partial charge in [-0.2, -0.15) is 10.1 Å². The number of halogens is 2. The van der Waals surface area contributed by atoms with E-state index in [4.69, 9.17) is 21.9 Å². The first-order chi connectivity index (χ1) is 11.9. The monoisotopic (exact) mass is 363 g/mol. The summed E-state index contributed by atoms with van der Waals surface area (Å²) in [4.78, 5) is 16.1. The molecule has 0 fully saturated rings. The maximum atomic E-state index is 14.4. The Bertz CT molecular complexity index is 938. The third-order valence-electron chi connectivity index (χ3n) is 3.70. The van der Waals surface area contributed by atoms with Crippen molar-refractivity contribution in [2.24, 2.45) is 0 Å². The molecule has 25 heavy (non-hydrogen) atoms. The maximum absolute atomic E-state index is 14.4. The lowest BCUT2D eigenvalue weighted by Gasteiger charge is -2.04. The molecular formula is C16H15ClFN5O2. The fourth-order valence-corrected chi connectivity index (χ4v) is 2.34. The summed E-state index contributed by atoms with van der Waals surface area (Å²) in [7, 11) is 0. The largest absolute Gasteiger partial charge is 0.397 e. The molecule has 0 amide bonds. The predicted molar refractivity (Wildman–Crippen MR) is 90.1 cm³/mol. The summed E-state index contributed by atoms with van der Waals surface area (Å²) < 4.78 is 20.5. The summed E-state index contributed by atoms with van der Waals surface area (Å²) in [6.07, 6.45) is 0.0264. The van der Waals surface area contributed by atoms with E-state index in [2.05, 4.69) is 15.2 Å². The van der Waals surface area contributed by atoms with Crippen LogP contribution in [0.25, 0.3) is 0 Å². The molecule has 0 aliphatic heterocycles. The van der Waals surface area contributed by atoms with Crippen LogP contribution in [0.2, 0.25) is 5.02 Å². The van der Waals surface area contributed by atoms with E-state index < -0.39 is 6.17 Å². The van der Waals surface area contributed by atoms with E-state index in [1.54, 1.807) is 31.2 Å². The molecule has 0 spiro atoms. The average molecular weight is 364 g/mol. The zero-order valence-corrected chi connectivity index (χ0v) is 14.1. The fraction of sp³-hybridized carbons (Fsp3) is 0.250. The molecule has 0 aliphatic rings. The summed E-state index contributed by atoms with van der Waals surface area (Å²) in [5, 5.41) is 8.13. The Morgan fingerprint density at radius 2 is 2.08 bits per heavy atom. The van der Waals surface area contributed by atoms with Crippen molar-refractivity contribution < 1.29 is 8.91 Å². The molecule has 130 valence electrons. The highest BCUT2D eigenvalue weighted by molar-refractivity contribution is 6.30. The topological polar surface area (TPSA) is 99.8 Å². The number of rotatable bonds is 5. The molecule has 0 radical (unpaired) electrons. The summed E-state index contributed by atoms with van der Waals surface area (Å²) in [6, 6.07) is 6.84. The van der Waals surface area contributed by atoms with Gasteiger partial charge < -0.3 is 10.3 Å². The molecule has 0 saturated carbocycles. The first kappa shape index (κ1) is 17.1. The second-order valence-corrected chi connectivity index (χ2v) is 5.97. The number of alkyl halides is 1. The van der Waals surface area contributed by atoms with Crippen LogP contribution < -0.4 is 11.3 Å². The van der Waals surface area contributed by atoms with Gasteiger partial charge in [-0.05, 0) is 24.6 Å². The molecule has 2 heterocycles. The van der Waals surface area contributed by atoms with Crippen LogP contribution in [0.3, 0.4) is 0 Å². The molecule has 0 aliphatic carbocycles. The van der Waals surface area contributed by atoms with Crippen molar-refractivity contribution in [2.75, 3.05) is 5.73 Å². The van der Waals surface area contributed by atoms with Crippen LogP contribution in [0.5, 0.6) is 0 Å². The Hall–Kier alpha value is -2.74. The molecule has 1 unspecified atom stereocenters. The number of aromatic nitrogens is 4. The van der Waals surface area contributed by atoms with Gasteiger partial charge in [0.15, 0.2) is 6.17 Å². The third kappa shape index (κ3) is 3.85. The highest BCUT2D eigenvalue weighted by atomic mass is 35.5.